The summed E-state index contributed by atoms with van der Waals surface area (Å²) in [4.78, 5) is 41.5. The number of benzene rings is 2. The Labute approximate surface area is 196 Å². The van der Waals surface area contributed by atoms with Crippen LogP contribution in [-0.2, 0) is 16.1 Å². The molecule has 1 amide bonds. The summed E-state index contributed by atoms with van der Waals surface area (Å²) in [6, 6.07) is 12.6. The number of rotatable bonds is 7. The molecular weight excluding hydrogens is 434 g/mol. The average molecular weight is 460 g/mol. The molecule has 0 fully saturated rings. The predicted octanol–water partition coefficient (Wildman–Crippen LogP) is 3.40. The van der Waals surface area contributed by atoms with E-state index in [4.69, 9.17) is 4.74 Å². The fourth-order valence-electron chi connectivity index (χ4n) is 3.71. The summed E-state index contributed by atoms with van der Waals surface area (Å²) < 4.78 is 8.13. The molecule has 0 bridgehead atoms. The van der Waals surface area contributed by atoms with Crippen molar-refractivity contribution in [1.82, 2.24) is 19.3 Å². The molecule has 174 valence electrons. The number of ether oxygens (including phenoxy) is 1. The van der Waals surface area contributed by atoms with E-state index in [1.165, 1.54) is 17.1 Å². The first-order chi connectivity index (χ1) is 16.4. The number of para-hydroxylation sites is 1. The molecule has 0 aliphatic rings. The molecule has 2 aromatic carbocycles. The monoisotopic (exact) mass is 459 g/mol. The largest absolute Gasteiger partial charge is 0.462 e. The van der Waals surface area contributed by atoms with Crippen molar-refractivity contribution >= 4 is 28.5 Å². The number of aryl methyl sites for hydroxylation is 2. The van der Waals surface area contributed by atoms with Gasteiger partial charge in [0.2, 0.25) is 5.91 Å². The summed E-state index contributed by atoms with van der Waals surface area (Å²) in [7, 11) is 0. The number of nitrogens with one attached hydrogen (secondary N) is 1. The number of hydrogen-bond acceptors (Lipinski definition) is 6. The van der Waals surface area contributed by atoms with Crippen molar-refractivity contribution in [2.24, 2.45) is 0 Å². The predicted molar refractivity (Wildman–Crippen MR) is 128 cm³/mol. The SMILES string of the molecule is CCOC(=O)c1cnn(-c2ccc(NC(=O)CCn3cnc4c(C)cccc4c3=O)cc2)c1C. The van der Waals surface area contributed by atoms with Gasteiger partial charge in [-0.3, -0.25) is 14.2 Å². The van der Waals surface area contributed by atoms with Crippen LogP contribution in [0.4, 0.5) is 5.69 Å². The van der Waals surface area contributed by atoms with Crippen LogP contribution in [0.15, 0.2) is 59.8 Å². The number of nitrogens with zero attached hydrogens (tertiary/aromatic N) is 4. The summed E-state index contributed by atoms with van der Waals surface area (Å²) >= 11 is 0. The standard InChI is InChI=1S/C25H25N5O4/c1-4-34-25(33)21-14-27-30(17(21)3)19-10-8-18(9-11-19)28-22(31)12-13-29-15-26-23-16(2)6-5-7-20(23)24(29)32/h5-11,14-15H,4,12-13H2,1-3H3,(H,28,31). The lowest BCUT2D eigenvalue weighted by molar-refractivity contribution is -0.116. The maximum Gasteiger partial charge on any atom is 0.341 e. The fourth-order valence-corrected chi connectivity index (χ4v) is 3.71. The molecule has 4 aromatic rings. The van der Waals surface area contributed by atoms with Gasteiger partial charge in [-0.05, 0) is 56.7 Å². The topological polar surface area (TPSA) is 108 Å². The summed E-state index contributed by atoms with van der Waals surface area (Å²) in [5, 5.41) is 7.64. The van der Waals surface area contributed by atoms with Crippen LogP contribution in [0, 0.1) is 13.8 Å². The van der Waals surface area contributed by atoms with Crippen molar-refractivity contribution in [2.45, 2.75) is 33.7 Å². The van der Waals surface area contributed by atoms with E-state index in [0.717, 1.165) is 11.3 Å². The van der Waals surface area contributed by atoms with Gasteiger partial charge in [0.1, 0.15) is 5.56 Å². The Bertz CT molecular complexity index is 1420. The normalized spacial score (nSPS) is 10.9. The lowest BCUT2D eigenvalue weighted by Gasteiger charge is -2.10. The number of carbonyl (C=O) groups is 2. The lowest BCUT2D eigenvalue weighted by atomic mass is 10.1. The molecule has 0 radical (unpaired) electrons. The number of carbonyl (C=O) groups excluding carboxylic acids is 2. The van der Waals surface area contributed by atoms with Crippen LogP contribution in [0.5, 0.6) is 0 Å². The third-order valence-corrected chi connectivity index (χ3v) is 5.54. The minimum atomic E-state index is -0.411. The Kier molecular flexibility index (Phi) is 6.53. The van der Waals surface area contributed by atoms with Gasteiger partial charge in [-0.15, -0.1) is 0 Å². The second-order valence-corrected chi connectivity index (χ2v) is 7.84. The summed E-state index contributed by atoms with van der Waals surface area (Å²) in [5.74, 6) is -0.630. The molecule has 0 aliphatic carbocycles. The van der Waals surface area contributed by atoms with Crippen molar-refractivity contribution in [3.05, 3.63) is 82.2 Å². The van der Waals surface area contributed by atoms with E-state index in [9.17, 15) is 14.4 Å². The molecule has 0 spiro atoms. The number of fused-ring (bicyclic) bond motifs is 1. The highest BCUT2D eigenvalue weighted by Gasteiger charge is 2.16. The number of esters is 1. The van der Waals surface area contributed by atoms with Crippen molar-refractivity contribution in [3.63, 3.8) is 0 Å². The second-order valence-electron chi connectivity index (χ2n) is 7.84. The molecule has 0 saturated heterocycles. The van der Waals surface area contributed by atoms with E-state index >= 15 is 0 Å². The van der Waals surface area contributed by atoms with Crippen LogP contribution in [-0.4, -0.2) is 37.8 Å². The van der Waals surface area contributed by atoms with Gasteiger partial charge in [0.05, 0.1) is 41.4 Å². The van der Waals surface area contributed by atoms with Crippen molar-refractivity contribution in [1.29, 1.82) is 0 Å². The van der Waals surface area contributed by atoms with E-state index in [1.807, 2.05) is 19.1 Å². The van der Waals surface area contributed by atoms with E-state index in [1.54, 1.807) is 48.9 Å². The van der Waals surface area contributed by atoms with Gasteiger partial charge in [0.25, 0.3) is 5.56 Å². The number of hydrogen-bond donors (Lipinski definition) is 1. The molecule has 1 N–H and O–H groups in total. The number of aromatic nitrogens is 4. The highest BCUT2D eigenvalue weighted by Crippen LogP contribution is 2.18. The smallest absolute Gasteiger partial charge is 0.341 e. The first-order valence-electron chi connectivity index (χ1n) is 11.0. The van der Waals surface area contributed by atoms with Gasteiger partial charge < -0.3 is 10.1 Å². The Morgan fingerprint density at radius 2 is 1.85 bits per heavy atom. The Hall–Kier alpha value is -4.27. The molecule has 9 nitrogen and oxygen atoms in total. The Morgan fingerprint density at radius 1 is 1.09 bits per heavy atom. The van der Waals surface area contributed by atoms with Crippen molar-refractivity contribution < 1.29 is 14.3 Å². The van der Waals surface area contributed by atoms with Gasteiger partial charge >= 0.3 is 5.97 Å². The molecule has 2 heterocycles. The zero-order chi connectivity index (χ0) is 24.2. The van der Waals surface area contributed by atoms with E-state index in [0.29, 0.717) is 34.5 Å². The molecule has 0 saturated carbocycles. The molecule has 2 aromatic heterocycles. The maximum absolute atomic E-state index is 12.7. The average Bonchev–Trinajstić information content (AvgIpc) is 3.21. The molecule has 4 rings (SSSR count). The van der Waals surface area contributed by atoms with E-state index < -0.39 is 5.97 Å². The van der Waals surface area contributed by atoms with Gasteiger partial charge in [-0.25, -0.2) is 14.5 Å². The van der Waals surface area contributed by atoms with Crippen LogP contribution < -0.4 is 10.9 Å². The zero-order valence-corrected chi connectivity index (χ0v) is 19.2. The van der Waals surface area contributed by atoms with Crippen molar-refractivity contribution in [3.8, 4) is 5.69 Å². The van der Waals surface area contributed by atoms with Crippen LogP contribution >= 0.6 is 0 Å². The van der Waals surface area contributed by atoms with E-state index in [-0.39, 0.29) is 24.4 Å². The molecule has 0 aliphatic heterocycles. The van der Waals surface area contributed by atoms with Gasteiger partial charge in [-0.1, -0.05) is 12.1 Å². The Morgan fingerprint density at radius 3 is 2.59 bits per heavy atom. The highest BCUT2D eigenvalue weighted by molar-refractivity contribution is 5.91. The second kappa shape index (κ2) is 9.70. The Balaban J connectivity index is 1.40. The minimum Gasteiger partial charge on any atom is -0.462 e. The molecular formula is C25H25N5O4. The van der Waals surface area contributed by atoms with Crippen LogP contribution in [0.2, 0.25) is 0 Å². The molecule has 34 heavy (non-hydrogen) atoms. The summed E-state index contributed by atoms with van der Waals surface area (Å²) in [5.41, 5.74) is 3.88. The molecule has 0 atom stereocenters. The van der Waals surface area contributed by atoms with Gasteiger partial charge in [-0.2, -0.15) is 5.10 Å². The van der Waals surface area contributed by atoms with E-state index in [2.05, 4.69) is 15.4 Å². The van der Waals surface area contributed by atoms with Crippen LogP contribution in [0.1, 0.15) is 35.0 Å². The third kappa shape index (κ3) is 4.59. The lowest BCUT2D eigenvalue weighted by Crippen LogP contribution is -2.23. The maximum atomic E-state index is 12.7. The minimum absolute atomic E-state index is 0.127. The summed E-state index contributed by atoms with van der Waals surface area (Å²) in [6.45, 7) is 5.97. The van der Waals surface area contributed by atoms with Crippen LogP contribution in [0.25, 0.3) is 16.6 Å². The quantitative estimate of drug-likeness (QED) is 0.425. The number of anilines is 1. The number of amides is 1. The fraction of sp³-hybridized carbons (Fsp3) is 0.240. The molecule has 0 unspecified atom stereocenters. The highest BCUT2D eigenvalue weighted by atomic mass is 16.5. The van der Waals surface area contributed by atoms with Gasteiger partial charge in [0, 0.05) is 18.7 Å². The third-order valence-electron chi connectivity index (χ3n) is 5.54. The van der Waals surface area contributed by atoms with Crippen LogP contribution in [0.3, 0.4) is 0 Å². The molecule has 9 heteroatoms. The summed E-state index contributed by atoms with van der Waals surface area (Å²) in [6.07, 6.45) is 3.09. The first-order valence-corrected chi connectivity index (χ1v) is 11.0. The first kappa shape index (κ1) is 22.9. The zero-order valence-electron chi connectivity index (χ0n) is 19.2. The van der Waals surface area contributed by atoms with Crippen molar-refractivity contribution in [2.75, 3.05) is 11.9 Å². The van der Waals surface area contributed by atoms with Gasteiger partial charge in [0.15, 0.2) is 0 Å².